The van der Waals surface area contributed by atoms with Crippen LogP contribution in [0.15, 0.2) is 59.5 Å². The summed E-state index contributed by atoms with van der Waals surface area (Å²) in [5.74, 6) is 0.414. The summed E-state index contributed by atoms with van der Waals surface area (Å²) in [4.78, 5) is 19.2. The molecule has 2 heterocycles. The molecule has 0 spiro atoms. The first-order chi connectivity index (χ1) is 14.5. The third-order valence-electron chi connectivity index (χ3n) is 5.02. The molecule has 0 bridgehead atoms. The Morgan fingerprint density at radius 2 is 1.70 bits per heavy atom. The number of nitrogens with zero attached hydrogens (tertiary/aromatic N) is 3. The van der Waals surface area contributed by atoms with Gasteiger partial charge in [-0.05, 0) is 49.1 Å². The quantitative estimate of drug-likeness (QED) is 0.628. The van der Waals surface area contributed by atoms with Crippen molar-refractivity contribution in [3.05, 3.63) is 65.7 Å². The van der Waals surface area contributed by atoms with Crippen LogP contribution in [0.25, 0.3) is 0 Å². The van der Waals surface area contributed by atoms with Crippen LogP contribution in [0.3, 0.4) is 0 Å². The molecule has 1 amide bonds. The van der Waals surface area contributed by atoms with Crippen LogP contribution in [-0.2, 0) is 15.6 Å². The van der Waals surface area contributed by atoms with Crippen molar-refractivity contribution in [2.75, 3.05) is 23.3 Å². The van der Waals surface area contributed by atoms with Gasteiger partial charge in [0, 0.05) is 18.7 Å². The number of aromatic nitrogens is 3. The van der Waals surface area contributed by atoms with Gasteiger partial charge in [0.2, 0.25) is 11.9 Å². The van der Waals surface area contributed by atoms with Gasteiger partial charge >= 0.3 is 0 Å². The minimum absolute atomic E-state index is 0.125. The van der Waals surface area contributed by atoms with Gasteiger partial charge in [-0.15, -0.1) is 5.10 Å². The number of nitrogens with one attached hydrogen (secondary N) is 2. The second-order valence-corrected chi connectivity index (χ2v) is 9.24. The number of carbonyl (C=O) groups excluding carboxylic acids is 1. The van der Waals surface area contributed by atoms with E-state index in [4.69, 9.17) is 0 Å². The van der Waals surface area contributed by atoms with E-state index in [0.717, 1.165) is 25.9 Å². The summed E-state index contributed by atoms with van der Waals surface area (Å²) in [6.07, 6.45) is 3.44. The molecular weight excluding hydrogens is 402 g/mol. The maximum absolute atomic E-state index is 12.5. The van der Waals surface area contributed by atoms with E-state index >= 15 is 0 Å². The first kappa shape index (κ1) is 20.1. The molecule has 8 nitrogen and oxygen atoms in total. The molecule has 1 aliphatic heterocycles. The Bertz CT molecular complexity index is 1110. The minimum Gasteiger partial charge on any atom is -0.340 e. The van der Waals surface area contributed by atoms with Gasteiger partial charge in [0.25, 0.3) is 5.91 Å². The van der Waals surface area contributed by atoms with Gasteiger partial charge in [-0.1, -0.05) is 30.3 Å². The molecule has 0 saturated carbocycles. The number of H-pyrrole nitrogens is 1. The fourth-order valence-electron chi connectivity index (χ4n) is 3.41. The number of hydrogen-bond acceptors (Lipinski definition) is 6. The number of sulfone groups is 1. The smallest absolute Gasteiger partial charge is 0.258 e. The number of benzene rings is 2. The minimum atomic E-state index is -3.43. The Morgan fingerprint density at radius 1 is 1.00 bits per heavy atom. The first-order valence-electron chi connectivity index (χ1n) is 9.87. The highest BCUT2D eigenvalue weighted by molar-refractivity contribution is 7.90. The number of piperidine rings is 1. The van der Waals surface area contributed by atoms with E-state index in [0.29, 0.717) is 17.1 Å². The molecule has 0 aliphatic carbocycles. The predicted octanol–water partition coefficient (Wildman–Crippen LogP) is 3.02. The van der Waals surface area contributed by atoms with E-state index < -0.39 is 9.84 Å². The first-order valence-corrected chi connectivity index (χ1v) is 11.5. The largest absolute Gasteiger partial charge is 0.340 e. The van der Waals surface area contributed by atoms with Crippen molar-refractivity contribution in [1.82, 2.24) is 15.2 Å². The predicted molar refractivity (Wildman–Crippen MR) is 114 cm³/mol. The van der Waals surface area contributed by atoms with Crippen LogP contribution in [0.2, 0.25) is 0 Å². The zero-order valence-corrected chi connectivity index (χ0v) is 17.2. The highest BCUT2D eigenvalue weighted by Gasteiger charge is 2.18. The summed E-state index contributed by atoms with van der Waals surface area (Å²) in [6.45, 7) is 1.83. The van der Waals surface area contributed by atoms with E-state index in [1.54, 1.807) is 54.6 Å². The fraction of sp³-hybridized carbons (Fsp3) is 0.286. The molecule has 30 heavy (non-hydrogen) atoms. The van der Waals surface area contributed by atoms with Gasteiger partial charge in [-0.2, -0.15) is 4.98 Å². The van der Waals surface area contributed by atoms with Crippen LogP contribution in [0.4, 0.5) is 11.9 Å². The van der Waals surface area contributed by atoms with Crippen molar-refractivity contribution >= 4 is 27.6 Å². The lowest BCUT2D eigenvalue weighted by molar-refractivity contribution is 0.102. The van der Waals surface area contributed by atoms with Gasteiger partial charge in [-0.25, -0.2) is 13.5 Å². The number of rotatable bonds is 6. The molecule has 0 atom stereocenters. The maximum atomic E-state index is 12.5. The van der Waals surface area contributed by atoms with Crippen molar-refractivity contribution in [1.29, 1.82) is 0 Å². The molecule has 3 aromatic rings. The van der Waals surface area contributed by atoms with E-state index in [1.165, 1.54) is 6.42 Å². The van der Waals surface area contributed by atoms with Gasteiger partial charge in [0.1, 0.15) is 0 Å². The molecular formula is C21H23N5O3S. The SMILES string of the molecule is O=C(Nc1nc(N2CCCCC2)n[nH]1)c1ccc(CS(=O)(=O)c2ccccc2)cc1. The number of carbonyl (C=O) groups is 1. The van der Waals surface area contributed by atoms with E-state index in [2.05, 4.69) is 25.4 Å². The lowest BCUT2D eigenvalue weighted by Crippen LogP contribution is -2.30. The molecule has 0 unspecified atom stereocenters. The summed E-state index contributed by atoms with van der Waals surface area (Å²) in [6, 6.07) is 14.8. The van der Waals surface area contributed by atoms with Gasteiger partial charge in [-0.3, -0.25) is 10.1 Å². The Labute approximate surface area is 175 Å². The summed E-state index contributed by atoms with van der Waals surface area (Å²) < 4.78 is 25.0. The Kier molecular flexibility index (Phi) is 5.80. The average molecular weight is 426 g/mol. The highest BCUT2D eigenvalue weighted by atomic mass is 32.2. The van der Waals surface area contributed by atoms with Crippen molar-refractivity contribution in [2.24, 2.45) is 0 Å². The van der Waals surface area contributed by atoms with Crippen molar-refractivity contribution in [3.8, 4) is 0 Å². The van der Waals surface area contributed by atoms with Gasteiger partial charge < -0.3 is 4.90 Å². The maximum Gasteiger partial charge on any atom is 0.258 e. The van der Waals surface area contributed by atoms with Crippen molar-refractivity contribution < 1.29 is 13.2 Å². The molecule has 2 aromatic carbocycles. The topological polar surface area (TPSA) is 108 Å². The zero-order valence-electron chi connectivity index (χ0n) is 16.4. The lowest BCUT2D eigenvalue weighted by Gasteiger charge is -2.24. The number of amides is 1. The standard InChI is InChI=1S/C21H23N5O3S/c27-19(22-20-23-21(25-24-20)26-13-5-2-6-14-26)17-11-9-16(10-12-17)15-30(28,29)18-7-3-1-4-8-18/h1,3-4,7-12H,2,5-6,13-15H2,(H2,22,23,24,25,27). The molecule has 0 radical (unpaired) electrons. The third kappa shape index (κ3) is 4.68. The van der Waals surface area contributed by atoms with Crippen LogP contribution < -0.4 is 10.2 Å². The van der Waals surface area contributed by atoms with Crippen molar-refractivity contribution in [2.45, 2.75) is 29.9 Å². The normalized spacial score (nSPS) is 14.5. The Morgan fingerprint density at radius 3 is 2.40 bits per heavy atom. The second kappa shape index (κ2) is 8.66. The van der Waals surface area contributed by atoms with E-state index in [9.17, 15) is 13.2 Å². The van der Waals surface area contributed by atoms with E-state index in [-0.39, 0.29) is 22.5 Å². The zero-order chi connectivity index (χ0) is 21.0. The summed E-state index contributed by atoms with van der Waals surface area (Å²) in [5.41, 5.74) is 1.02. The second-order valence-electron chi connectivity index (χ2n) is 7.25. The van der Waals surface area contributed by atoms with Crippen LogP contribution in [0.1, 0.15) is 35.2 Å². The number of hydrogen-bond donors (Lipinski definition) is 2. The molecule has 1 aliphatic rings. The van der Waals surface area contributed by atoms with Crippen LogP contribution >= 0.6 is 0 Å². The molecule has 4 rings (SSSR count). The molecule has 1 aromatic heterocycles. The molecule has 1 fully saturated rings. The average Bonchev–Trinajstić information content (AvgIpc) is 3.24. The number of aromatic amines is 1. The fourth-order valence-corrected chi connectivity index (χ4v) is 4.78. The monoisotopic (exact) mass is 425 g/mol. The van der Waals surface area contributed by atoms with Crippen LogP contribution in [0.5, 0.6) is 0 Å². The molecule has 156 valence electrons. The van der Waals surface area contributed by atoms with Gasteiger partial charge in [0.05, 0.1) is 10.6 Å². The van der Waals surface area contributed by atoms with E-state index in [1.807, 2.05) is 0 Å². The summed E-state index contributed by atoms with van der Waals surface area (Å²) >= 11 is 0. The molecule has 9 heteroatoms. The van der Waals surface area contributed by atoms with Crippen molar-refractivity contribution in [3.63, 3.8) is 0 Å². The molecule has 1 saturated heterocycles. The third-order valence-corrected chi connectivity index (χ3v) is 6.72. The highest BCUT2D eigenvalue weighted by Crippen LogP contribution is 2.18. The molecule has 2 N–H and O–H groups in total. The Balaban J connectivity index is 1.39. The lowest BCUT2D eigenvalue weighted by atomic mass is 10.1. The van der Waals surface area contributed by atoms with Crippen LogP contribution in [0, 0.1) is 0 Å². The summed E-state index contributed by atoms with van der Waals surface area (Å²) in [5, 5.41) is 9.63. The Hall–Kier alpha value is -3.20. The summed E-state index contributed by atoms with van der Waals surface area (Å²) in [7, 11) is -3.43. The van der Waals surface area contributed by atoms with Gasteiger partial charge in [0.15, 0.2) is 9.84 Å². The van der Waals surface area contributed by atoms with Crippen LogP contribution in [-0.4, -0.2) is 42.6 Å². The number of anilines is 2.